The minimum Gasteiger partial charge on any atom is -0.409 e. The first kappa shape index (κ1) is 16.5. The number of nitrogens with one attached hydrogen (secondary N) is 1. The van der Waals surface area contributed by atoms with Crippen LogP contribution in [0.1, 0.15) is 42.6 Å². The Hall–Kier alpha value is -1.56. The first-order valence-electron chi connectivity index (χ1n) is 6.46. The Morgan fingerprint density at radius 1 is 1.45 bits per heavy atom. The Morgan fingerprint density at radius 2 is 2.05 bits per heavy atom. The van der Waals surface area contributed by atoms with Crippen LogP contribution in [-0.2, 0) is 0 Å². The van der Waals surface area contributed by atoms with Crippen molar-refractivity contribution in [1.29, 1.82) is 0 Å². The monoisotopic (exact) mass is 341 g/mol. The van der Waals surface area contributed by atoms with Gasteiger partial charge in [0.1, 0.15) is 5.54 Å². The molecule has 0 aliphatic rings. The number of amides is 1. The molecule has 20 heavy (non-hydrogen) atoms. The molecule has 5 nitrogen and oxygen atoms in total. The van der Waals surface area contributed by atoms with Crippen LogP contribution in [0.2, 0.25) is 0 Å². The highest BCUT2D eigenvalue weighted by molar-refractivity contribution is 9.10. The van der Waals surface area contributed by atoms with E-state index in [1.54, 1.807) is 6.07 Å². The number of nitrogens with two attached hydrogens (primary N) is 1. The van der Waals surface area contributed by atoms with Gasteiger partial charge in [-0.15, -0.1) is 0 Å². The number of rotatable bonds is 5. The van der Waals surface area contributed by atoms with E-state index in [9.17, 15) is 4.79 Å². The number of nitrogens with zero attached hydrogens (tertiary/aromatic N) is 1. The van der Waals surface area contributed by atoms with Crippen molar-refractivity contribution >= 4 is 27.7 Å². The third-order valence-corrected chi connectivity index (χ3v) is 4.18. The van der Waals surface area contributed by atoms with E-state index in [0.717, 1.165) is 10.0 Å². The molecule has 0 saturated heterocycles. The van der Waals surface area contributed by atoms with E-state index >= 15 is 0 Å². The lowest BCUT2D eigenvalue weighted by molar-refractivity contribution is 0.0917. The van der Waals surface area contributed by atoms with Crippen molar-refractivity contribution in [2.45, 2.75) is 39.2 Å². The molecular weight excluding hydrogens is 322 g/mol. The summed E-state index contributed by atoms with van der Waals surface area (Å²) in [4.78, 5) is 12.4. The summed E-state index contributed by atoms with van der Waals surface area (Å²) in [7, 11) is 0. The summed E-state index contributed by atoms with van der Waals surface area (Å²) in [5, 5.41) is 14.8. The van der Waals surface area contributed by atoms with Crippen molar-refractivity contribution in [3.05, 3.63) is 33.8 Å². The maximum absolute atomic E-state index is 12.4. The number of hydrogen-bond acceptors (Lipinski definition) is 3. The number of carbonyl (C=O) groups excluding carboxylic acids is 1. The Bertz CT molecular complexity index is 525. The third kappa shape index (κ3) is 3.30. The number of benzene rings is 1. The maximum Gasteiger partial charge on any atom is 0.253 e. The van der Waals surface area contributed by atoms with E-state index in [-0.39, 0.29) is 11.7 Å². The van der Waals surface area contributed by atoms with Gasteiger partial charge in [0, 0.05) is 4.47 Å². The minimum atomic E-state index is -0.837. The summed E-state index contributed by atoms with van der Waals surface area (Å²) < 4.78 is 0.718. The van der Waals surface area contributed by atoms with Crippen molar-refractivity contribution in [1.82, 2.24) is 5.32 Å². The van der Waals surface area contributed by atoms with Crippen LogP contribution in [0.3, 0.4) is 0 Å². The molecule has 1 aromatic carbocycles. The summed E-state index contributed by atoms with van der Waals surface area (Å²) in [6.45, 7) is 5.71. The molecule has 0 fully saturated rings. The molecule has 0 heterocycles. The van der Waals surface area contributed by atoms with Crippen LogP contribution in [0.15, 0.2) is 27.8 Å². The normalized spacial score (nSPS) is 12.3. The SMILES string of the molecule is CCC(CC)(NC(=O)c1ccc(C)cc1Br)/C(N)=N/O. The van der Waals surface area contributed by atoms with E-state index in [1.165, 1.54) is 0 Å². The molecule has 1 amide bonds. The topological polar surface area (TPSA) is 87.7 Å². The molecule has 4 N–H and O–H groups in total. The Kier molecular flexibility index (Phi) is 5.56. The fourth-order valence-electron chi connectivity index (χ4n) is 2.04. The van der Waals surface area contributed by atoms with Gasteiger partial charge in [-0.25, -0.2) is 0 Å². The zero-order valence-corrected chi connectivity index (χ0v) is 13.5. The number of oxime groups is 1. The molecule has 0 spiro atoms. The van der Waals surface area contributed by atoms with Crippen LogP contribution >= 0.6 is 15.9 Å². The van der Waals surface area contributed by atoms with Gasteiger partial charge >= 0.3 is 0 Å². The highest BCUT2D eigenvalue weighted by Crippen LogP contribution is 2.21. The Morgan fingerprint density at radius 3 is 2.50 bits per heavy atom. The van der Waals surface area contributed by atoms with Crippen molar-refractivity contribution in [3.8, 4) is 0 Å². The van der Waals surface area contributed by atoms with Gasteiger partial charge in [-0.05, 0) is 53.4 Å². The summed E-state index contributed by atoms with van der Waals surface area (Å²) in [5.74, 6) is -0.244. The molecule has 0 bridgehead atoms. The van der Waals surface area contributed by atoms with Crippen LogP contribution < -0.4 is 11.1 Å². The second-order valence-corrected chi connectivity index (χ2v) is 5.57. The molecule has 110 valence electrons. The fraction of sp³-hybridized carbons (Fsp3) is 0.429. The zero-order chi connectivity index (χ0) is 15.3. The second kappa shape index (κ2) is 6.74. The molecule has 6 heteroatoms. The molecule has 0 radical (unpaired) electrons. The van der Waals surface area contributed by atoms with Crippen LogP contribution in [0.5, 0.6) is 0 Å². The van der Waals surface area contributed by atoms with Crippen LogP contribution in [-0.4, -0.2) is 22.5 Å². The summed E-state index contributed by atoms with van der Waals surface area (Å²) >= 11 is 3.38. The van der Waals surface area contributed by atoms with Gasteiger partial charge in [-0.1, -0.05) is 25.1 Å². The molecular formula is C14H20BrN3O2. The molecule has 0 aliphatic carbocycles. The number of carbonyl (C=O) groups is 1. The molecule has 1 rings (SSSR count). The minimum absolute atomic E-state index is 0.0130. The highest BCUT2D eigenvalue weighted by Gasteiger charge is 2.33. The lowest BCUT2D eigenvalue weighted by atomic mass is 9.91. The maximum atomic E-state index is 12.4. The molecule has 0 aromatic heterocycles. The Balaban J connectivity index is 3.09. The number of amidine groups is 1. The first-order valence-corrected chi connectivity index (χ1v) is 7.26. The van der Waals surface area contributed by atoms with Crippen LogP contribution in [0.25, 0.3) is 0 Å². The molecule has 0 unspecified atom stereocenters. The van der Waals surface area contributed by atoms with Gasteiger partial charge < -0.3 is 16.3 Å². The largest absolute Gasteiger partial charge is 0.409 e. The Labute approximate surface area is 127 Å². The average molecular weight is 342 g/mol. The predicted octanol–water partition coefficient (Wildman–Crippen LogP) is 2.79. The standard InChI is InChI=1S/C14H20BrN3O2/c1-4-14(5-2,13(16)18-20)17-12(19)10-7-6-9(3)8-11(10)15/h6-8,20H,4-5H2,1-3H3,(H2,16,18)(H,17,19). The second-order valence-electron chi connectivity index (χ2n) is 4.71. The molecule has 0 aliphatic heterocycles. The van der Waals surface area contributed by atoms with Crippen molar-refractivity contribution in [2.24, 2.45) is 10.9 Å². The number of aryl methyl sites for hydroxylation is 1. The van der Waals surface area contributed by atoms with Gasteiger partial charge in [0.25, 0.3) is 5.91 Å². The quantitative estimate of drug-likeness (QED) is 0.333. The van der Waals surface area contributed by atoms with Gasteiger partial charge in [0.15, 0.2) is 5.84 Å². The third-order valence-electron chi connectivity index (χ3n) is 3.53. The van der Waals surface area contributed by atoms with Gasteiger partial charge in [0.05, 0.1) is 5.56 Å². The fourth-order valence-corrected chi connectivity index (χ4v) is 2.71. The predicted molar refractivity (Wildman–Crippen MR) is 83.1 cm³/mol. The van der Waals surface area contributed by atoms with Crippen molar-refractivity contribution in [3.63, 3.8) is 0 Å². The summed E-state index contributed by atoms with van der Waals surface area (Å²) in [5.41, 5.74) is 6.48. The van der Waals surface area contributed by atoms with Crippen molar-refractivity contribution in [2.75, 3.05) is 0 Å². The summed E-state index contributed by atoms with van der Waals surface area (Å²) in [6, 6.07) is 5.48. The molecule has 0 saturated carbocycles. The van der Waals surface area contributed by atoms with Crippen LogP contribution in [0.4, 0.5) is 0 Å². The van der Waals surface area contributed by atoms with Gasteiger partial charge in [-0.3, -0.25) is 4.79 Å². The van der Waals surface area contributed by atoms with Crippen LogP contribution in [0, 0.1) is 6.92 Å². The van der Waals surface area contributed by atoms with Gasteiger partial charge in [0.2, 0.25) is 0 Å². The van der Waals surface area contributed by atoms with Gasteiger partial charge in [-0.2, -0.15) is 0 Å². The van der Waals surface area contributed by atoms with E-state index in [4.69, 9.17) is 10.9 Å². The molecule has 1 aromatic rings. The smallest absolute Gasteiger partial charge is 0.253 e. The van der Waals surface area contributed by atoms with E-state index in [1.807, 2.05) is 32.9 Å². The number of halogens is 1. The van der Waals surface area contributed by atoms with E-state index in [2.05, 4.69) is 26.4 Å². The average Bonchev–Trinajstić information content (AvgIpc) is 2.43. The zero-order valence-electron chi connectivity index (χ0n) is 11.9. The number of hydrogen-bond donors (Lipinski definition) is 3. The van der Waals surface area contributed by atoms with E-state index < -0.39 is 5.54 Å². The highest BCUT2D eigenvalue weighted by atomic mass is 79.9. The van der Waals surface area contributed by atoms with E-state index in [0.29, 0.717) is 18.4 Å². The van der Waals surface area contributed by atoms with Crippen molar-refractivity contribution < 1.29 is 10.0 Å². The first-order chi connectivity index (χ1) is 9.40. The molecule has 0 atom stereocenters. The lowest BCUT2D eigenvalue weighted by Gasteiger charge is -2.31. The summed E-state index contributed by atoms with van der Waals surface area (Å²) in [6.07, 6.45) is 1.07. The lowest BCUT2D eigenvalue weighted by Crippen LogP contribution is -2.56.